The molecule has 152 valence electrons. The van der Waals surface area contributed by atoms with E-state index in [0.29, 0.717) is 51.4 Å². The van der Waals surface area contributed by atoms with Gasteiger partial charge in [-0.25, -0.2) is 8.78 Å². The van der Waals surface area contributed by atoms with Crippen LogP contribution in [0.5, 0.6) is 0 Å². The molecule has 3 aliphatic rings. The van der Waals surface area contributed by atoms with Crippen molar-refractivity contribution in [2.75, 3.05) is 52.4 Å². The number of hydrogen-bond acceptors (Lipinski definition) is 4. The molecular formula is C20H25F2N3O3. The highest BCUT2D eigenvalue weighted by Crippen LogP contribution is 2.31. The van der Waals surface area contributed by atoms with Crippen LogP contribution in [0.1, 0.15) is 24.5 Å². The summed E-state index contributed by atoms with van der Waals surface area (Å²) in [4.78, 5) is 30.4. The number of amides is 2. The van der Waals surface area contributed by atoms with Gasteiger partial charge >= 0.3 is 0 Å². The lowest BCUT2D eigenvalue weighted by atomic mass is 10.1. The van der Waals surface area contributed by atoms with Gasteiger partial charge in [0.1, 0.15) is 11.6 Å². The number of rotatable bonds is 4. The molecule has 0 spiro atoms. The average Bonchev–Trinajstić information content (AvgIpc) is 3.53. The van der Waals surface area contributed by atoms with Gasteiger partial charge in [0.2, 0.25) is 11.8 Å². The number of halogens is 2. The number of hydrogen-bond donors (Lipinski definition) is 0. The standard InChI is InChI=1S/C20H25F2N3O3/c21-15-3-4-16(17(22)11-15)18-12-23(9-10-28-18)13-19(26)24-5-7-25(8-6-24)20(27)14-1-2-14/h3-4,11,14,18H,1-2,5-10,12-13H2. The van der Waals surface area contributed by atoms with Gasteiger partial charge in [0.25, 0.3) is 0 Å². The third kappa shape index (κ3) is 4.33. The number of morpholine rings is 1. The number of ether oxygens (including phenoxy) is 1. The second-order valence-electron chi connectivity index (χ2n) is 7.74. The molecule has 1 unspecified atom stereocenters. The summed E-state index contributed by atoms with van der Waals surface area (Å²) in [5.74, 6) is -0.805. The Balaban J connectivity index is 1.29. The van der Waals surface area contributed by atoms with E-state index in [-0.39, 0.29) is 24.3 Å². The normalized spacial score (nSPS) is 23.7. The van der Waals surface area contributed by atoms with E-state index in [0.717, 1.165) is 18.9 Å². The highest BCUT2D eigenvalue weighted by Gasteiger charge is 2.35. The van der Waals surface area contributed by atoms with Crippen LogP contribution in [0.4, 0.5) is 8.78 Å². The zero-order valence-corrected chi connectivity index (χ0v) is 15.8. The Bertz CT molecular complexity index is 748. The summed E-state index contributed by atoms with van der Waals surface area (Å²) in [5.41, 5.74) is 0.311. The molecule has 2 saturated heterocycles. The Kier molecular flexibility index (Phi) is 5.59. The van der Waals surface area contributed by atoms with Crippen LogP contribution >= 0.6 is 0 Å². The van der Waals surface area contributed by atoms with Gasteiger partial charge in [-0.15, -0.1) is 0 Å². The minimum absolute atomic E-state index is 0.0127. The second kappa shape index (κ2) is 8.13. The first-order valence-electron chi connectivity index (χ1n) is 9.87. The number of piperazine rings is 1. The molecule has 0 bridgehead atoms. The summed E-state index contributed by atoms with van der Waals surface area (Å²) in [5, 5.41) is 0. The predicted octanol–water partition coefficient (Wildman–Crippen LogP) is 1.42. The second-order valence-corrected chi connectivity index (χ2v) is 7.74. The van der Waals surface area contributed by atoms with E-state index in [2.05, 4.69) is 0 Å². The van der Waals surface area contributed by atoms with Gasteiger partial charge in [0, 0.05) is 56.8 Å². The van der Waals surface area contributed by atoms with E-state index in [1.165, 1.54) is 12.1 Å². The van der Waals surface area contributed by atoms with Crippen LogP contribution in [0.25, 0.3) is 0 Å². The minimum Gasteiger partial charge on any atom is -0.371 e. The molecule has 28 heavy (non-hydrogen) atoms. The summed E-state index contributed by atoms with van der Waals surface area (Å²) in [6.45, 7) is 3.88. The molecule has 2 heterocycles. The molecule has 0 aromatic heterocycles. The van der Waals surface area contributed by atoms with Crippen molar-refractivity contribution in [1.29, 1.82) is 0 Å². The van der Waals surface area contributed by atoms with E-state index in [4.69, 9.17) is 4.74 Å². The van der Waals surface area contributed by atoms with Crippen LogP contribution in [0, 0.1) is 17.6 Å². The maximum Gasteiger partial charge on any atom is 0.236 e. The average molecular weight is 393 g/mol. The van der Waals surface area contributed by atoms with Crippen molar-refractivity contribution < 1.29 is 23.1 Å². The van der Waals surface area contributed by atoms with Crippen LogP contribution in [0.15, 0.2) is 18.2 Å². The van der Waals surface area contributed by atoms with Gasteiger partial charge in [-0.1, -0.05) is 6.07 Å². The molecule has 2 amide bonds. The Hall–Kier alpha value is -2.06. The van der Waals surface area contributed by atoms with Gasteiger partial charge < -0.3 is 14.5 Å². The van der Waals surface area contributed by atoms with Crippen molar-refractivity contribution >= 4 is 11.8 Å². The first-order chi connectivity index (χ1) is 13.5. The fraction of sp³-hybridized carbons (Fsp3) is 0.600. The van der Waals surface area contributed by atoms with Gasteiger partial charge in [-0.05, 0) is 18.9 Å². The van der Waals surface area contributed by atoms with E-state index >= 15 is 0 Å². The summed E-state index contributed by atoms with van der Waals surface area (Å²) in [6.07, 6.45) is 1.46. The molecule has 6 nitrogen and oxygen atoms in total. The minimum atomic E-state index is -0.630. The Morgan fingerprint density at radius 3 is 2.43 bits per heavy atom. The first kappa shape index (κ1) is 19.3. The van der Waals surface area contributed by atoms with E-state index in [1.54, 1.807) is 4.90 Å². The van der Waals surface area contributed by atoms with Crippen molar-refractivity contribution in [2.24, 2.45) is 5.92 Å². The Labute approximate surface area is 163 Å². The van der Waals surface area contributed by atoms with Gasteiger partial charge in [-0.3, -0.25) is 14.5 Å². The van der Waals surface area contributed by atoms with Crippen molar-refractivity contribution in [3.63, 3.8) is 0 Å². The van der Waals surface area contributed by atoms with E-state index in [1.807, 2.05) is 9.80 Å². The molecule has 1 atom stereocenters. The number of carbonyl (C=O) groups is 2. The molecule has 1 aromatic rings. The zero-order valence-electron chi connectivity index (χ0n) is 15.8. The third-order valence-electron chi connectivity index (χ3n) is 5.69. The quantitative estimate of drug-likeness (QED) is 0.777. The molecule has 4 rings (SSSR count). The van der Waals surface area contributed by atoms with Gasteiger partial charge in [0.05, 0.1) is 19.3 Å². The van der Waals surface area contributed by atoms with Crippen LogP contribution in [-0.4, -0.2) is 78.9 Å². The van der Waals surface area contributed by atoms with Crippen molar-refractivity contribution in [1.82, 2.24) is 14.7 Å². The molecule has 3 fully saturated rings. The molecular weight excluding hydrogens is 368 g/mol. The smallest absolute Gasteiger partial charge is 0.236 e. The van der Waals surface area contributed by atoms with Crippen LogP contribution in [0.2, 0.25) is 0 Å². The summed E-state index contributed by atoms with van der Waals surface area (Å²) < 4.78 is 32.8. The molecule has 8 heteroatoms. The Morgan fingerprint density at radius 2 is 1.75 bits per heavy atom. The maximum atomic E-state index is 14.0. The summed E-state index contributed by atoms with van der Waals surface area (Å²) >= 11 is 0. The molecule has 1 aliphatic carbocycles. The van der Waals surface area contributed by atoms with Crippen LogP contribution in [-0.2, 0) is 14.3 Å². The lowest BCUT2D eigenvalue weighted by Gasteiger charge is -2.37. The summed E-state index contributed by atoms with van der Waals surface area (Å²) in [6, 6.07) is 3.47. The third-order valence-corrected chi connectivity index (χ3v) is 5.69. The first-order valence-corrected chi connectivity index (χ1v) is 9.87. The molecule has 0 radical (unpaired) electrons. The molecule has 1 saturated carbocycles. The molecule has 2 aliphatic heterocycles. The number of carbonyl (C=O) groups excluding carboxylic acids is 2. The topological polar surface area (TPSA) is 53.1 Å². The van der Waals surface area contributed by atoms with E-state index in [9.17, 15) is 18.4 Å². The van der Waals surface area contributed by atoms with Gasteiger partial charge in [0.15, 0.2) is 0 Å². The molecule has 0 N–H and O–H groups in total. The van der Waals surface area contributed by atoms with Crippen LogP contribution in [0.3, 0.4) is 0 Å². The predicted molar refractivity (Wildman–Crippen MR) is 97.4 cm³/mol. The lowest BCUT2D eigenvalue weighted by Crippen LogP contribution is -2.53. The fourth-order valence-corrected chi connectivity index (χ4v) is 3.85. The zero-order chi connectivity index (χ0) is 19.7. The largest absolute Gasteiger partial charge is 0.371 e. The van der Waals surface area contributed by atoms with Crippen LogP contribution < -0.4 is 0 Å². The number of benzene rings is 1. The van der Waals surface area contributed by atoms with E-state index < -0.39 is 17.7 Å². The van der Waals surface area contributed by atoms with Crippen molar-refractivity contribution in [3.05, 3.63) is 35.4 Å². The summed E-state index contributed by atoms with van der Waals surface area (Å²) in [7, 11) is 0. The SMILES string of the molecule is O=C(CN1CCOC(c2ccc(F)cc2F)C1)N1CCN(C(=O)C2CC2)CC1. The highest BCUT2D eigenvalue weighted by molar-refractivity contribution is 5.82. The lowest BCUT2D eigenvalue weighted by molar-refractivity contribution is -0.142. The maximum absolute atomic E-state index is 14.0. The van der Waals surface area contributed by atoms with Crippen molar-refractivity contribution in [3.8, 4) is 0 Å². The number of nitrogens with zero attached hydrogens (tertiary/aromatic N) is 3. The monoisotopic (exact) mass is 393 g/mol. The Morgan fingerprint density at radius 1 is 1.04 bits per heavy atom. The highest BCUT2D eigenvalue weighted by atomic mass is 19.1. The molecule has 1 aromatic carbocycles. The van der Waals surface area contributed by atoms with Gasteiger partial charge in [-0.2, -0.15) is 0 Å². The van der Waals surface area contributed by atoms with Crippen molar-refractivity contribution in [2.45, 2.75) is 18.9 Å². The fourth-order valence-electron chi connectivity index (χ4n) is 3.85.